The molecule has 1 heteroatoms. The van der Waals surface area contributed by atoms with E-state index in [-0.39, 0.29) is 0 Å². The van der Waals surface area contributed by atoms with E-state index in [0.717, 1.165) is 29.9 Å². The number of rotatable bonds is 3. The van der Waals surface area contributed by atoms with E-state index in [1.54, 1.807) is 0 Å². The minimum atomic E-state index is 0.744. The number of hydrogen-bond acceptors (Lipinski definition) is 1. The zero-order valence-electron chi connectivity index (χ0n) is 8.13. The van der Waals surface area contributed by atoms with Crippen LogP contribution in [0.15, 0.2) is 18.2 Å². The summed E-state index contributed by atoms with van der Waals surface area (Å²) in [6.07, 6.45) is 6.32. The van der Waals surface area contributed by atoms with Crippen molar-refractivity contribution in [2.75, 3.05) is 6.61 Å². The fraction of sp³-hybridized carbons (Fsp3) is 0.333. The molecule has 0 aromatic heterocycles. The highest BCUT2D eigenvalue weighted by Gasteiger charge is 1.96. The van der Waals surface area contributed by atoms with Crippen LogP contribution in [0.1, 0.15) is 24.5 Å². The molecule has 0 amide bonds. The Morgan fingerprint density at radius 1 is 1.38 bits per heavy atom. The summed E-state index contributed by atoms with van der Waals surface area (Å²) in [6.45, 7) is 4.84. The maximum atomic E-state index is 5.48. The third-order valence-corrected chi connectivity index (χ3v) is 1.69. The molecule has 0 saturated heterocycles. The Kier molecular flexibility index (Phi) is 3.40. The van der Waals surface area contributed by atoms with Gasteiger partial charge >= 0.3 is 0 Å². The van der Waals surface area contributed by atoms with Crippen LogP contribution in [0.4, 0.5) is 0 Å². The Bertz CT molecular complexity index is 320. The zero-order valence-corrected chi connectivity index (χ0v) is 8.13. The van der Waals surface area contributed by atoms with Gasteiger partial charge in [0.15, 0.2) is 0 Å². The Balaban J connectivity index is 2.83. The molecule has 0 radical (unpaired) electrons. The van der Waals surface area contributed by atoms with Gasteiger partial charge in [-0.2, -0.15) is 0 Å². The first-order valence-electron chi connectivity index (χ1n) is 4.47. The van der Waals surface area contributed by atoms with Crippen molar-refractivity contribution in [1.29, 1.82) is 0 Å². The van der Waals surface area contributed by atoms with E-state index < -0.39 is 0 Å². The molecule has 0 heterocycles. The van der Waals surface area contributed by atoms with Crippen molar-refractivity contribution >= 4 is 0 Å². The standard InChI is InChI=1S/C12H14O/c1-4-6-13-12-8-10(3)7-11(5-2)9-12/h2,7-9H,4,6H2,1,3H3. The molecule has 0 fully saturated rings. The Labute approximate surface area is 79.7 Å². The van der Waals surface area contributed by atoms with Crippen molar-refractivity contribution in [2.24, 2.45) is 0 Å². The fourth-order valence-corrected chi connectivity index (χ4v) is 1.13. The van der Waals surface area contributed by atoms with Crippen molar-refractivity contribution in [2.45, 2.75) is 20.3 Å². The first kappa shape index (κ1) is 9.67. The van der Waals surface area contributed by atoms with Gasteiger partial charge in [0.05, 0.1) is 6.61 Å². The Morgan fingerprint density at radius 2 is 2.15 bits per heavy atom. The van der Waals surface area contributed by atoms with Gasteiger partial charge in [-0.15, -0.1) is 6.42 Å². The maximum Gasteiger partial charge on any atom is 0.120 e. The molecule has 1 aromatic carbocycles. The van der Waals surface area contributed by atoms with Gasteiger partial charge in [-0.25, -0.2) is 0 Å². The summed E-state index contributed by atoms with van der Waals surface area (Å²) >= 11 is 0. The summed E-state index contributed by atoms with van der Waals surface area (Å²) in [7, 11) is 0. The van der Waals surface area contributed by atoms with Gasteiger partial charge in [-0.1, -0.05) is 12.8 Å². The smallest absolute Gasteiger partial charge is 0.120 e. The second-order valence-electron chi connectivity index (χ2n) is 3.03. The molecule has 1 rings (SSSR count). The number of aryl methyl sites for hydroxylation is 1. The molecule has 0 aliphatic carbocycles. The average Bonchev–Trinajstić information content (AvgIpc) is 2.14. The molecular weight excluding hydrogens is 160 g/mol. The summed E-state index contributed by atoms with van der Waals surface area (Å²) in [4.78, 5) is 0. The largest absolute Gasteiger partial charge is 0.494 e. The number of ether oxygens (including phenoxy) is 1. The van der Waals surface area contributed by atoms with Crippen LogP contribution in [0.25, 0.3) is 0 Å². The van der Waals surface area contributed by atoms with Gasteiger partial charge in [0.25, 0.3) is 0 Å². The van der Waals surface area contributed by atoms with Crippen LogP contribution in [-0.2, 0) is 0 Å². The first-order valence-corrected chi connectivity index (χ1v) is 4.47. The molecule has 1 aromatic rings. The Hall–Kier alpha value is -1.42. The molecule has 0 spiro atoms. The van der Waals surface area contributed by atoms with Crippen LogP contribution in [0, 0.1) is 19.3 Å². The molecule has 0 atom stereocenters. The van der Waals surface area contributed by atoms with Crippen molar-refractivity contribution in [3.8, 4) is 18.1 Å². The fourth-order valence-electron chi connectivity index (χ4n) is 1.13. The van der Waals surface area contributed by atoms with Crippen LogP contribution < -0.4 is 4.74 Å². The highest BCUT2D eigenvalue weighted by atomic mass is 16.5. The molecule has 13 heavy (non-hydrogen) atoms. The minimum Gasteiger partial charge on any atom is -0.494 e. The quantitative estimate of drug-likeness (QED) is 0.640. The van der Waals surface area contributed by atoms with Crippen molar-refractivity contribution in [1.82, 2.24) is 0 Å². The predicted octanol–water partition coefficient (Wildman–Crippen LogP) is 2.77. The number of benzene rings is 1. The third kappa shape index (κ3) is 2.83. The molecular formula is C12H14O. The van der Waals surface area contributed by atoms with E-state index >= 15 is 0 Å². The lowest BCUT2D eigenvalue weighted by molar-refractivity contribution is 0.317. The maximum absolute atomic E-state index is 5.48. The zero-order chi connectivity index (χ0) is 9.68. The summed E-state index contributed by atoms with van der Waals surface area (Å²) in [5, 5.41) is 0. The second kappa shape index (κ2) is 4.57. The molecule has 68 valence electrons. The topological polar surface area (TPSA) is 9.23 Å². The lowest BCUT2D eigenvalue weighted by Crippen LogP contribution is -1.95. The van der Waals surface area contributed by atoms with E-state index in [4.69, 9.17) is 11.2 Å². The Morgan fingerprint density at radius 3 is 2.77 bits per heavy atom. The van der Waals surface area contributed by atoms with Crippen molar-refractivity contribution in [3.63, 3.8) is 0 Å². The highest BCUT2D eigenvalue weighted by Crippen LogP contribution is 2.16. The summed E-state index contributed by atoms with van der Waals surface area (Å²) in [5.41, 5.74) is 2.02. The van der Waals surface area contributed by atoms with Crippen LogP contribution in [0.2, 0.25) is 0 Å². The number of hydrogen-bond donors (Lipinski definition) is 0. The van der Waals surface area contributed by atoms with Crippen LogP contribution >= 0.6 is 0 Å². The van der Waals surface area contributed by atoms with Crippen molar-refractivity contribution < 1.29 is 4.74 Å². The molecule has 1 nitrogen and oxygen atoms in total. The summed E-state index contributed by atoms with van der Waals surface area (Å²) in [6, 6.07) is 5.86. The lowest BCUT2D eigenvalue weighted by Gasteiger charge is -2.05. The van der Waals surface area contributed by atoms with Gasteiger partial charge < -0.3 is 4.74 Å². The van der Waals surface area contributed by atoms with E-state index in [1.165, 1.54) is 0 Å². The average molecular weight is 174 g/mol. The van der Waals surface area contributed by atoms with Crippen LogP contribution in [-0.4, -0.2) is 6.61 Å². The van der Waals surface area contributed by atoms with Crippen molar-refractivity contribution in [3.05, 3.63) is 29.3 Å². The van der Waals surface area contributed by atoms with E-state index in [2.05, 4.69) is 12.8 Å². The van der Waals surface area contributed by atoms with E-state index in [0.29, 0.717) is 0 Å². The highest BCUT2D eigenvalue weighted by molar-refractivity contribution is 5.41. The second-order valence-corrected chi connectivity index (χ2v) is 3.03. The number of terminal acetylenes is 1. The molecule has 0 unspecified atom stereocenters. The van der Waals surface area contributed by atoms with Crippen LogP contribution in [0.3, 0.4) is 0 Å². The van der Waals surface area contributed by atoms with E-state index in [9.17, 15) is 0 Å². The molecule has 0 saturated carbocycles. The predicted molar refractivity (Wildman–Crippen MR) is 54.9 cm³/mol. The van der Waals surface area contributed by atoms with E-state index in [1.807, 2.05) is 25.1 Å². The van der Waals surface area contributed by atoms with Gasteiger partial charge in [-0.3, -0.25) is 0 Å². The summed E-state index contributed by atoms with van der Waals surface area (Å²) in [5.74, 6) is 3.47. The van der Waals surface area contributed by atoms with Gasteiger partial charge in [0.2, 0.25) is 0 Å². The van der Waals surface area contributed by atoms with Gasteiger partial charge in [0.1, 0.15) is 5.75 Å². The first-order chi connectivity index (χ1) is 6.26. The minimum absolute atomic E-state index is 0.744. The lowest BCUT2D eigenvalue weighted by atomic mass is 10.1. The third-order valence-electron chi connectivity index (χ3n) is 1.69. The van der Waals surface area contributed by atoms with Gasteiger partial charge in [0, 0.05) is 5.56 Å². The SMILES string of the molecule is C#Cc1cc(C)cc(OCCC)c1. The molecule has 0 aliphatic heterocycles. The molecule has 0 N–H and O–H groups in total. The van der Waals surface area contributed by atoms with Crippen LogP contribution in [0.5, 0.6) is 5.75 Å². The van der Waals surface area contributed by atoms with Gasteiger partial charge in [-0.05, 0) is 37.1 Å². The molecule has 0 bridgehead atoms. The normalized spacial score (nSPS) is 9.31. The molecule has 0 aliphatic rings. The summed E-state index contributed by atoms with van der Waals surface area (Å²) < 4.78 is 5.48. The monoisotopic (exact) mass is 174 g/mol.